The Balaban J connectivity index is 2.97. The van der Waals surface area contributed by atoms with Crippen LogP contribution in [0.4, 0.5) is 0 Å². The van der Waals surface area contributed by atoms with Gasteiger partial charge in [0.15, 0.2) is 5.78 Å². The van der Waals surface area contributed by atoms with Crippen molar-refractivity contribution in [1.29, 1.82) is 0 Å². The molecule has 0 amide bonds. The van der Waals surface area contributed by atoms with Crippen LogP contribution >= 0.6 is 0 Å². The van der Waals surface area contributed by atoms with Crippen molar-refractivity contribution in [2.24, 2.45) is 0 Å². The molecule has 4 nitrogen and oxygen atoms in total. The van der Waals surface area contributed by atoms with Gasteiger partial charge in [-0.2, -0.15) is 0 Å². The maximum Gasteiger partial charge on any atom is 0.269 e. The van der Waals surface area contributed by atoms with Crippen LogP contribution in [-0.2, 0) is 0 Å². The van der Waals surface area contributed by atoms with Crippen molar-refractivity contribution in [3.8, 4) is 5.75 Å². The molecule has 2 rings (SSSR count). The van der Waals surface area contributed by atoms with E-state index < -0.39 is 11.3 Å². The van der Waals surface area contributed by atoms with E-state index in [9.17, 15) is 14.7 Å². The standard InChI is InChI=1S/C11H9NO3/c1-7(13)10-9(14)6-8-4-2-3-5-12(8)11(10)15/h2-6,14H,1H3. The fourth-order valence-corrected chi connectivity index (χ4v) is 1.53. The summed E-state index contributed by atoms with van der Waals surface area (Å²) in [6, 6.07) is 6.53. The van der Waals surface area contributed by atoms with Gasteiger partial charge >= 0.3 is 0 Å². The molecule has 0 fully saturated rings. The van der Waals surface area contributed by atoms with Gasteiger partial charge in [0.05, 0.1) is 5.52 Å². The predicted molar refractivity (Wildman–Crippen MR) is 55.3 cm³/mol. The van der Waals surface area contributed by atoms with Gasteiger partial charge in [0.1, 0.15) is 11.3 Å². The second-order valence-electron chi connectivity index (χ2n) is 3.26. The molecule has 15 heavy (non-hydrogen) atoms. The number of hydrogen-bond acceptors (Lipinski definition) is 3. The number of Topliss-reactive ketones (excluding diaryl/α,β-unsaturated/α-hetero) is 1. The first-order valence-electron chi connectivity index (χ1n) is 4.45. The molecule has 0 saturated heterocycles. The lowest BCUT2D eigenvalue weighted by molar-refractivity contribution is 0.101. The third-order valence-corrected chi connectivity index (χ3v) is 2.22. The van der Waals surface area contributed by atoms with Crippen molar-refractivity contribution >= 4 is 11.3 Å². The zero-order chi connectivity index (χ0) is 11.0. The second kappa shape index (κ2) is 3.24. The van der Waals surface area contributed by atoms with E-state index in [0.717, 1.165) is 0 Å². The molecule has 1 N–H and O–H groups in total. The Morgan fingerprint density at radius 3 is 2.80 bits per heavy atom. The molecular formula is C11H9NO3. The number of fused-ring (bicyclic) bond motifs is 1. The molecule has 0 aliphatic carbocycles. The first-order chi connectivity index (χ1) is 7.11. The summed E-state index contributed by atoms with van der Waals surface area (Å²) in [4.78, 5) is 22.9. The average molecular weight is 203 g/mol. The van der Waals surface area contributed by atoms with Crippen LogP contribution in [-0.4, -0.2) is 15.3 Å². The number of ketones is 1. The predicted octanol–water partition coefficient (Wildman–Crippen LogP) is 1.21. The molecule has 0 radical (unpaired) electrons. The van der Waals surface area contributed by atoms with Crippen LogP contribution in [0.3, 0.4) is 0 Å². The van der Waals surface area contributed by atoms with E-state index in [-0.39, 0.29) is 11.3 Å². The summed E-state index contributed by atoms with van der Waals surface area (Å²) in [5.41, 5.74) is -0.0956. The van der Waals surface area contributed by atoms with E-state index in [1.54, 1.807) is 24.4 Å². The molecule has 0 atom stereocenters. The Bertz CT molecular complexity index is 598. The molecule has 2 aromatic heterocycles. The van der Waals surface area contributed by atoms with Crippen molar-refractivity contribution in [1.82, 2.24) is 4.40 Å². The fraction of sp³-hybridized carbons (Fsp3) is 0.0909. The van der Waals surface area contributed by atoms with Crippen molar-refractivity contribution < 1.29 is 9.90 Å². The minimum Gasteiger partial charge on any atom is -0.507 e. The molecule has 0 bridgehead atoms. The zero-order valence-electron chi connectivity index (χ0n) is 8.10. The summed E-state index contributed by atoms with van der Waals surface area (Å²) >= 11 is 0. The third-order valence-electron chi connectivity index (χ3n) is 2.22. The molecule has 2 heterocycles. The SMILES string of the molecule is CC(=O)c1c(O)cc2ccccn2c1=O. The maximum atomic E-state index is 11.8. The van der Waals surface area contributed by atoms with E-state index in [0.29, 0.717) is 5.52 Å². The number of aromatic nitrogens is 1. The molecule has 0 aliphatic heterocycles. The highest BCUT2D eigenvalue weighted by Crippen LogP contribution is 2.15. The molecule has 4 heteroatoms. The molecule has 2 aromatic rings. The van der Waals surface area contributed by atoms with Crippen LogP contribution in [0.2, 0.25) is 0 Å². The van der Waals surface area contributed by atoms with Gasteiger partial charge in [0.2, 0.25) is 0 Å². The van der Waals surface area contributed by atoms with Gasteiger partial charge in [-0.3, -0.25) is 14.0 Å². The average Bonchev–Trinajstić information content (AvgIpc) is 2.17. The normalized spacial score (nSPS) is 10.5. The Morgan fingerprint density at radius 1 is 1.40 bits per heavy atom. The lowest BCUT2D eigenvalue weighted by Crippen LogP contribution is -2.20. The summed E-state index contributed by atoms with van der Waals surface area (Å²) in [7, 11) is 0. The van der Waals surface area contributed by atoms with Crippen LogP contribution in [0.25, 0.3) is 5.52 Å². The van der Waals surface area contributed by atoms with Crippen molar-refractivity contribution in [3.63, 3.8) is 0 Å². The van der Waals surface area contributed by atoms with Crippen LogP contribution in [0.15, 0.2) is 35.3 Å². The number of aromatic hydroxyl groups is 1. The van der Waals surface area contributed by atoms with Crippen LogP contribution in [0.5, 0.6) is 5.75 Å². The van der Waals surface area contributed by atoms with E-state index >= 15 is 0 Å². The lowest BCUT2D eigenvalue weighted by atomic mass is 10.1. The minimum absolute atomic E-state index is 0.168. The number of nitrogens with zero attached hydrogens (tertiary/aromatic N) is 1. The van der Waals surface area contributed by atoms with Gasteiger partial charge in [0.25, 0.3) is 5.56 Å². The smallest absolute Gasteiger partial charge is 0.269 e. The second-order valence-corrected chi connectivity index (χ2v) is 3.26. The highest BCUT2D eigenvalue weighted by molar-refractivity contribution is 5.96. The molecule has 0 aromatic carbocycles. The first kappa shape index (κ1) is 9.45. The molecular weight excluding hydrogens is 194 g/mol. The summed E-state index contributed by atoms with van der Waals surface area (Å²) in [5.74, 6) is -0.700. The molecule has 76 valence electrons. The van der Waals surface area contributed by atoms with Gasteiger partial charge in [-0.1, -0.05) is 6.07 Å². The van der Waals surface area contributed by atoms with Crippen LogP contribution in [0.1, 0.15) is 17.3 Å². The van der Waals surface area contributed by atoms with E-state index in [2.05, 4.69) is 0 Å². The van der Waals surface area contributed by atoms with Crippen molar-refractivity contribution in [2.45, 2.75) is 6.92 Å². The molecule has 0 unspecified atom stereocenters. The quantitative estimate of drug-likeness (QED) is 0.708. The van der Waals surface area contributed by atoms with E-state index in [1.807, 2.05) is 0 Å². The van der Waals surface area contributed by atoms with Crippen molar-refractivity contribution in [2.75, 3.05) is 0 Å². The van der Waals surface area contributed by atoms with Crippen LogP contribution < -0.4 is 5.56 Å². The monoisotopic (exact) mass is 203 g/mol. The largest absolute Gasteiger partial charge is 0.507 e. The number of rotatable bonds is 1. The number of carbonyl (C=O) groups excluding carboxylic acids is 1. The summed E-state index contributed by atoms with van der Waals surface area (Å²) in [6.07, 6.45) is 1.56. The summed E-state index contributed by atoms with van der Waals surface area (Å²) in [5, 5.41) is 9.53. The minimum atomic E-state index is -0.488. The van der Waals surface area contributed by atoms with Gasteiger partial charge < -0.3 is 5.11 Å². The van der Waals surface area contributed by atoms with E-state index in [1.165, 1.54) is 17.4 Å². The summed E-state index contributed by atoms with van der Waals surface area (Å²) < 4.78 is 1.33. The van der Waals surface area contributed by atoms with Crippen molar-refractivity contribution in [3.05, 3.63) is 46.4 Å². The molecule has 0 aliphatic rings. The maximum absolute atomic E-state index is 11.8. The zero-order valence-corrected chi connectivity index (χ0v) is 8.10. The lowest BCUT2D eigenvalue weighted by Gasteiger charge is -2.04. The molecule has 0 saturated carbocycles. The summed E-state index contributed by atoms with van der Waals surface area (Å²) in [6.45, 7) is 1.26. The van der Waals surface area contributed by atoms with Gasteiger partial charge in [-0.15, -0.1) is 0 Å². The highest BCUT2D eigenvalue weighted by atomic mass is 16.3. The fourth-order valence-electron chi connectivity index (χ4n) is 1.53. The first-order valence-corrected chi connectivity index (χ1v) is 4.45. The van der Waals surface area contributed by atoms with Gasteiger partial charge in [-0.05, 0) is 19.1 Å². The van der Waals surface area contributed by atoms with Gasteiger partial charge in [0, 0.05) is 12.3 Å². The topological polar surface area (TPSA) is 58.8 Å². The highest BCUT2D eigenvalue weighted by Gasteiger charge is 2.13. The van der Waals surface area contributed by atoms with E-state index in [4.69, 9.17) is 0 Å². The Labute approximate surface area is 85.4 Å². The number of carbonyl (C=O) groups is 1. The Morgan fingerprint density at radius 2 is 2.13 bits per heavy atom. The third kappa shape index (κ3) is 1.40. The van der Waals surface area contributed by atoms with Gasteiger partial charge in [-0.25, -0.2) is 0 Å². The molecule has 0 spiro atoms. The van der Waals surface area contributed by atoms with Crippen LogP contribution in [0, 0.1) is 0 Å². The number of pyridine rings is 2. The number of hydrogen-bond donors (Lipinski definition) is 1. The Kier molecular flexibility index (Phi) is 2.04. The Hall–Kier alpha value is -2.10.